The minimum atomic E-state index is 0.143. The summed E-state index contributed by atoms with van der Waals surface area (Å²) >= 11 is 0. The topological polar surface area (TPSA) is 18.5 Å². The smallest absolute Gasteiger partial charge is 0.134 e. The average molecular weight is 238 g/mol. The lowest BCUT2D eigenvalue weighted by atomic mass is 9.85. The zero-order chi connectivity index (χ0) is 11.9. The van der Waals surface area contributed by atoms with Gasteiger partial charge in [-0.3, -0.25) is 0 Å². The highest BCUT2D eigenvalue weighted by molar-refractivity contribution is 5.42. The van der Waals surface area contributed by atoms with Gasteiger partial charge in [0.1, 0.15) is 17.6 Å². The van der Waals surface area contributed by atoms with Crippen LogP contribution in [-0.2, 0) is 6.42 Å². The van der Waals surface area contributed by atoms with E-state index in [1.807, 2.05) is 18.2 Å². The molecule has 0 aromatic heterocycles. The van der Waals surface area contributed by atoms with E-state index >= 15 is 0 Å². The van der Waals surface area contributed by atoms with Crippen LogP contribution in [0, 0.1) is 5.92 Å². The van der Waals surface area contributed by atoms with Gasteiger partial charge in [-0.25, -0.2) is 0 Å². The second-order valence-electron chi connectivity index (χ2n) is 4.96. The first-order chi connectivity index (χ1) is 8.92. The van der Waals surface area contributed by atoms with Crippen LogP contribution in [0.3, 0.4) is 0 Å². The molecule has 2 unspecified atom stereocenters. The molecule has 2 atom stereocenters. The van der Waals surface area contributed by atoms with E-state index in [4.69, 9.17) is 9.47 Å². The van der Waals surface area contributed by atoms with Crippen molar-refractivity contribution in [2.24, 2.45) is 5.92 Å². The van der Waals surface area contributed by atoms with Gasteiger partial charge in [0.15, 0.2) is 0 Å². The Morgan fingerprint density at radius 2 is 1.67 bits per heavy atom. The van der Waals surface area contributed by atoms with Crippen molar-refractivity contribution < 1.29 is 9.47 Å². The maximum atomic E-state index is 6.18. The van der Waals surface area contributed by atoms with Crippen LogP contribution in [0.2, 0.25) is 0 Å². The molecule has 0 spiro atoms. The number of rotatable bonds is 0. The molecule has 0 saturated heterocycles. The van der Waals surface area contributed by atoms with E-state index in [0.29, 0.717) is 5.92 Å². The van der Waals surface area contributed by atoms with E-state index in [1.165, 1.54) is 11.1 Å². The molecule has 2 nitrogen and oxygen atoms in total. The van der Waals surface area contributed by atoms with Crippen LogP contribution in [0.25, 0.3) is 0 Å². The maximum absolute atomic E-state index is 6.18. The highest BCUT2D eigenvalue weighted by atomic mass is 16.5. The van der Waals surface area contributed by atoms with E-state index in [9.17, 15) is 0 Å². The molecule has 0 aliphatic carbocycles. The summed E-state index contributed by atoms with van der Waals surface area (Å²) in [6, 6.07) is 16.5. The second kappa shape index (κ2) is 3.77. The van der Waals surface area contributed by atoms with Gasteiger partial charge in [-0.1, -0.05) is 36.4 Å². The summed E-state index contributed by atoms with van der Waals surface area (Å²) in [5.74, 6) is 2.42. The minimum Gasteiger partial charge on any atom is -0.493 e. The first kappa shape index (κ1) is 10.0. The number of ether oxygens (including phenoxy) is 2. The highest BCUT2D eigenvalue weighted by Crippen LogP contribution is 2.44. The van der Waals surface area contributed by atoms with Gasteiger partial charge in [0.05, 0.1) is 6.61 Å². The van der Waals surface area contributed by atoms with Crippen LogP contribution < -0.4 is 9.47 Å². The third-order valence-electron chi connectivity index (χ3n) is 3.82. The normalized spacial score (nSPS) is 24.0. The molecule has 2 aromatic carbocycles. The number of para-hydroxylation sites is 2. The highest BCUT2D eigenvalue weighted by Gasteiger charge is 2.36. The standard InChI is InChI=1S/C16H14O2/c1-3-7-14-11(5-1)9-12-10-17-15-8-4-2-6-13(15)16(12)18-14/h1-8,12,16H,9-10H2. The van der Waals surface area contributed by atoms with Crippen LogP contribution >= 0.6 is 0 Å². The fourth-order valence-corrected chi connectivity index (χ4v) is 2.92. The van der Waals surface area contributed by atoms with Gasteiger partial charge >= 0.3 is 0 Å². The van der Waals surface area contributed by atoms with Crippen LogP contribution in [0.4, 0.5) is 0 Å². The second-order valence-corrected chi connectivity index (χ2v) is 4.96. The molecular formula is C16H14O2. The van der Waals surface area contributed by atoms with Crippen molar-refractivity contribution >= 4 is 0 Å². The van der Waals surface area contributed by atoms with E-state index < -0.39 is 0 Å². The Balaban J connectivity index is 1.79. The maximum Gasteiger partial charge on any atom is 0.134 e. The zero-order valence-corrected chi connectivity index (χ0v) is 10.0. The summed E-state index contributed by atoms with van der Waals surface area (Å²) in [7, 11) is 0. The summed E-state index contributed by atoms with van der Waals surface area (Å²) in [6.45, 7) is 0.746. The molecule has 0 saturated carbocycles. The lowest BCUT2D eigenvalue weighted by molar-refractivity contribution is 0.0544. The van der Waals surface area contributed by atoms with Gasteiger partial charge in [0.2, 0.25) is 0 Å². The molecule has 0 bridgehead atoms. The number of fused-ring (bicyclic) bond motifs is 4. The minimum absolute atomic E-state index is 0.143. The van der Waals surface area contributed by atoms with Crippen molar-refractivity contribution in [3.8, 4) is 11.5 Å². The first-order valence-electron chi connectivity index (χ1n) is 6.38. The molecule has 0 fully saturated rings. The summed E-state index contributed by atoms with van der Waals surface area (Å²) in [5, 5.41) is 0. The summed E-state index contributed by atoms with van der Waals surface area (Å²) < 4.78 is 12.0. The first-order valence-corrected chi connectivity index (χ1v) is 6.38. The largest absolute Gasteiger partial charge is 0.493 e. The predicted octanol–water partition coefficient (Wildman–Crippen LogP) is 3.37. The molecule has 90 valence electrons. The van der Waals surface area contributed by atoms with Crippen molar-refractivity contribution in [1.82, 2.24) is 0 Å². The van der Waals surface area contributed by atoms with Crippen molar-refractivity contribution in [2.45, 2.75) is 12.5 Å². The van der Waals surface area contributed by atoms with E-state index in [-0.39, 0.29) is 6.10 Å². The third kappa shape index (κ3) is 1.42. The monoisotopic (exact) mass is 238 g/mol. The van der Waals surface area contributed by atoms with E-state index in [0.717, 1.165) is 24.5 Å². The Hall–Kier alpha value is -1.96. The van der Waals surface area contributed by atoms with Gasteiger partial charge in [0.25, 0.3) is 0 Å². The SMILES string of the molecule is c1ccc2c(c1)CC1COc3ccccc3C1O2. The number of benzene rings is 2. The molecule has 0 amide bonds. The molecule has 2 aliphatic rings. The molecule has 2 aromatic rings. The molecule has 0 N–H and O–H groups in total. The van der Waals surface area contributed by atoms with Crippen molar-refractivity contribution in [3.05, 3.63) is 59.7 Å². The summed E-state index contributed by atoms with van der Waals surface area (Å²) in [5.41, 5.74) is 2.48. The molecule has 2 heteroatoms. The quantitative estimate of drug-likeness (QED) is 0.700. The van der Waals surface area contributed by atoms with E-state index in [1.54, 1.807) is 0 Å². The van der Waals surface area contributed by atoms with Crippen LogP contribution in [0.5, 0.6) is 11.5 Å². The number of hydrogen-bond acceptors (Lipinski definition) is 2. The van der Waals surface area contributed by atoms with Gasteiger partial charge in [-0.15, -0.1) is 0 Å². The fraction of sp³-hybridized carbons (Fsp3) is 0.250. The lowest BCUT2D eigenvalue weighted by Gasteiger charge is -2.37. The van der Waals surface area contributed by atoms with Gasteiger partial charge in [-0.05, 0) is 24.1 Å². The van der Waals surface area contributed by atoms with E-state index in [2.05, 4.69) is 30.3 Å². The lowest BCUT2D eigenvalue weighted by Crippen LogP contribution is -2.34. The molecule has 2 heterocycles. The summed E-state index contributed by atoms with van der Waals surface area (Å²) in [4.78, 5) is 0. The van der Waals surface area contributed by atoms with Gasteiger partial charge < -0.3 is 9.47 Å². The molecule has 18 heavy (non-hydrogen) atoms. The Morgan fingerprint density at radius 1 is 0.889 bits per heavy atom. The average Bonchev–Trinajstić information content (AvgIpc) is 2.45. The predicted molar refractivity (Wildman–Crippen MR) is 68.9 cm³/mol. The van der Waals surface area contributed by atoms with Crippen molar-refractivity contribution in [3.63, 3.8) is 0 Å². The Kier molecular flexibility index (Phi) is 2.10. The van der Waals surface area contributed by atoms with Crippen LogP contribution in [0.15, 0.2) is 48.5 Å². The molecule has 4 rings (SSSR count). The van der Waals surface area contributed by atoms with Crippen LogP contribution in [-0.4, -0.2) is 6.61 Å². The molecule has 0 radical (unpaired) electrons. The summed E-state index contributed by atoms with van der Waals surface area (Å²) in [6.07, 6.45) is 1.18. The zero-order valence-electron chi connectivity index (χ0n) is 10.0. The van der Waals surface area contributed by atoms with Crippen LogP contribution in [0.1, 0.15) is 17.2 Å². The third-order valence-corrected chi connectivity index (χ3v) is 3.82. The fourth-order valence-electron chi connectivity index (χ4n) is 2.92. The Bertz CT molecular complexity index is 591. The molecule has 2 aliphatic heterocycles. The van der Waals surface area contributed by atoms with Crippen molar-refractivity contribution in [2.75, 3.05) is 6.61 Å². The number of hydrogen-bond donors (Lipinski definition) is 0. The van der Waals surface area contributed by atoms with Gasteiger partial charge in [0, 0.05) is 11.5 Å². The molecular weight excluding hydrogens is 224 g/mol. The van der Waals surface area contributed by atoms with Gasteiger partial charge in [-0.2, -0.15) is 0 Å². The Morgan fingerprint density at radius 3 is 2.61 bits per heavy atom. The Labute approximate surface area is 106 Å². The van der Waals surface area contributed by atoms with Crippen molar-refractivity contribution in [1.29, 1.82) is 0 Å².